The maximum absolute atomic E-state index is 12.5. The van der Waals surface area contributed by atoms with Gasteiger partial charge in [-0.05, 0) is 37.8 Å². The van der Waals surface area contributed by atoms with Gasteiger partial charge in [0.2, 0.25) is 5.91 Å². The van der Waals surface area contributed by atoms with Gasteiger partial charge in [-0.2, -0.15) is 0 Å². The van der Waals surface area contributed by atoms with Crippen LogP contribution in [-0.4, -0.2) is 43.3 Å². The van der Waals surface area contributed by atoms with Crippen molar-refractivity contribution in [3.8, 4) is 12.3 Å². The standard InChI is InChI=1S/C18H23NO3S/c1-4-10-19(17-9-11-23(21,22)13-17)18(20)8-7-16-6-5-14(2)12-15(16)3/h1,5-6,12,17H,7-11,13H2,2-3H3/t17-/m1/s1. The number of benzene rings is 1. The van der Waals surface area contributed by atoms with Crippen LogP contribution in [0.3, 0.4) is 0 Å². The first kappa shape index (κ1) is 17.6. The number of amides is 1. The molecule has 0 bridgehead atoms. The van der Waals surface area contributed by atoms with E-state index in [1.54, 1.807) is 4.90 Å². The molecular formula is C18H23NO3S. The van der Waals surface area contributed by atoms with Crippen molar-refractivity contribution in [2.45, 2.75) is 39.2 Å². The van der Waals surface area contributed by atoms with E-state index < -0.39 is 9.84 Å². The molecule has 5 heteroatoms. The Balaban J connectivity index is 2.03. The van der Waals surface area contributed by atoms with Crippen LogP contribution in [0.15, 0.2) is 18.2 Å². The van der Waals surface area contributed by atoms with Gasteiger partial charge >= 0.3 is 0 Å². The second-order valence-corrected chi connectivity index (χ2v) is 8.44. The number of carbonyl (C=O) groups excluding carboxylic acids is 1. The zero-order valence-electron chi connectivity index (χ0n) is 13.7. The van der Waals surface area contributed by atoms with Crippen LogP contribution in [-0.2, 0) is 21.1 Å². The highest BCUT2D eigenvalue weighted by Gasteiger charge is 2.34. The monoisotopic (exact) mass is 333 g/mol. The highest BCUT2D eigenvalue weighted by Crippen LogP contribution is 2.19. The van der Waals surface area contributed by atoms with E-state index in [0.29, 0.717) is 19.3 Å². The lowest BCUT2D eigenvalue weighted by molar-refractivity contribution is -0.132. The fraction of sp³-hybridized carbons (Fsp3) is 0.500. The number of nitrogens with zero attached hydrogens (tertiary/aromatic N) is 1. The van der Waals surface area contributed by atoms with Crippen molar-refractivity contribution in [3.05, 3.63) is 34.9 Å². The van der Waals surface area contributed by atoms with E-state index in [0.717, 1.165) is 5.56 Å². The highest BCUT2D eigenvalue weighted by molar-refractivity contribution is 7.91. The molecule has 1 aliphatic heterocycles. The lowest BCUT2D eigenvalue weighted by Crippen LogP contribution is -2.41. The molecule has 1 aromatic rings. The fourth-order valence-corrected chi connectivity index (χ4v) is 4.78. The second kappa shape index (κ2) is 7.18. The average molecular weight is 333 g/mol. The Morgan fingerprint density at radius 3 is 2.70 bits per heavy atom. The van der Waals surface area contributed by atoms with E-state index >= 15 is 0 Å². The molecule has 0 aromatic heterocycles. The Morgan fingerprint density at radius 1 is 1.39 bits per heavy atom. The molecular weight excluding hydrogens is 310 g/mol. The molecule has 23 heavy (non-hydrogen) atoms. The summed E-state index contributed by atoms with van der Waals surface area (Å²) in [5.74, 6) is 2.59. The summed E-state index contributed by atoms with van der Waals surface area (Å²) in [6, 6.07) is 5.91. The van der Waals surface area contributed by atoms with Crippen LogP contribution in [0.25, 0.3) is 0 Å². The molecule has 1 amide bonds. The third-order valence-electron chi connectivity index (χ3n) is 4.34. The van der Waals surface area contributed by atoms with Crippen molar-refractivity contribution >= 4 is 15.7 Å². The molecule has 0 aliphatic carbocycles. The van der Waals surface area contributed by atoms with Crippen LogP contribution in [0.2, 0.25) is 0 Å². The summed E-state index contributed by atoms with van der Waals surface area (Å²) in [5.41, 5.74) is 3.51. The minimum atomic E-state index is -3.03. The molecule has 4 nitrogen and oxygen atoms in total. The van der Waals surface area contributed by atoms with E-state index in [1.165, 1.54) is 11.1 Å². The predicted octanol–water partition coefficient (Wildman–Crippen LogP) is 1.88. The Labute approximate surface area is 138 Å². The van der Waals surface area contributed by atoms with E-state index in [2.05, 4.69) is 12.0 Å². The molecule has 0 N–H and O–H groups in total. The molecule has 1 aromatic carbocycles. The second-order valence-electron chi connectivity index (χ2n) is 6.21. The van der Waals surface area contributed by atoms with Gasteiger partial charge in [0, 0.05) is 12.5 Å². The summed E-state index contributed by atoms with van der Waals surface area (Å²) in [6.07, 6.45) is 6.84. The quantitative estimate of drug-likeness (QED) is 0.773. The molecule has 1 atom stereocenters. The Hall–Kier alpha value is -1.80. The number of aryl methyl sites for hydroxylation is 3. The van der Waals surface area contributed by atoms with E-state index in [-0.39, 0.29) is 30.0 Å². The first-order chi connectivity index (χ1) is 10.8. The molecule has 0 radical (unpaired) electrons. The van der Waals surface area contributed by atoms with Crippen molar-refractivity contribution in [2.75, 3.05) is 18.1 Å². The van der Waals surface area contributed by atoms with Gasteiger partial charge in [-0.15, -0.1) is 6.42 Å². The molecule has 1 aliphatic rings. The Bertz CT molecular complexity index is 731. The van der Waals surface area contributed by atoms with Gasteiger partial charge in [0.25, 0.3) is 0 Å². The molecule has 1 saturated heterocycles. The van der Waals surface area contributed by atoms with Crippen molar-refractivity contribution in [1.82, 2.24) is 4.90 Å². The first-order valence-corrected chi connectivity index (χ1v) is 9.64. The predicted molar refractivity (Wildman–Crippen MR) is 91.8 cm³/mol. The number of terminal acetylenes is 1. The SMILES string of the molecule is C#CCN(C(=O)CCc1ccc(C)cc1C)[C@@H]1CCS(=O)(=O)C1. The summed E-state index contributed by atoms with van der Waals surface area (Å²) in [5, 5.41) is 0. The lowest BCUT2D eigenvalue weighted by atomic mass is 10.0. The lowest BCUT2D eigenvalue weighted by Gasteiger charge is -2.26. The molecule has 1 fully saturated rings. The number of carbonyl (C=O) groups is 1. The number of hydrogen-bond acceptors (Lipinski definition) is 3. The number of hydrogen-bond donors (Lipinski definition) is 0. The van der Waals surface area contributed by atoms with Crippen molar-refractivity contribution in [1.29, 1.82) is 0 Å². The molecule has 0 saturated carbocycles. The Morgan fingerprint density at radius 2 is 2.13 bits per heavy atom. The largest absolute Gasteiger partial charge is 0.328 e. The molecule has 0 unspecified atom stereocenters. The van der Waals surface area contributed by atoms with Gasteiger partial charge in [0.1, 0.15) is 0 Å². The normalized spacial score (nSPS) is 19.3. The van der Waals surface area contributed by atoms with Crippen molar-refractivity contribution in [3.63, 3.8) is 0 Å². The summed E-state index contributed by atoms with van der Waals surface area (Å²) in [4.78, 5) is 14.1. The summed E-state index contributed by atoms with van der Waals surface area (Å²) >= 11 is 0. The van der Waals surface area contributed by atoms with Gasteiger partial charge < -0.3 is 4.90 Å². The minimum Gasteiger partial charge on any atom is -0.328 e. The average Bonchev–Trinajstić information content (AvgIpc) is 2.83. The van der Waals surface area contributed by atoms with Crippen LogP contribution in [0.4, 0.5) is 0 Å². The molecule has 2 rings (SSSR count). The fourth-order valence-electron chi connectivity index (χ4n) is 3.05. The van der Waals surface area contributed by atoms with E-state index in [9.17, 15) is 13.2 Å². The van der Waals surface area contributed by atoms with E-state index in [1.807, 2.05) is 26.0 Å². The smallest absolute Gasteiger partial charge is 0.223 e. The minimum absolute atomic E-state index is 0.0317. The topological polar surface area (TPSA) is 54.5 Å². The van der Waals surface area contributed by atoms with Crippen LogP contribution >= 0.6 is 0 Å². The first-order valence-electron chi connectivity index (χ1n) is 7.82. The zero-order valence-corrected chi connectivity index (χ0v) is 14.5. The van der Waals surface area contributed by atoms with Crippen LogP contribution < -0.4 is 0 Å². The number of sulfone groups is 1. The van der Waals surface area contributed by atoms with Crippen LogP contribution in [0.1, 0.15) is 29.5 Å². The van der Waals surface area contributed by atoms with Crippen LogP contribution in [0, 0.1) is 26.2 Å². The zero-order chi connectivity index (χ0) is 17.0. The molecule has 0 spiro atoms. The maximum Gasteiger partial charge on any atom is 0.223 e. The van der Waals surface area contributed by atoms with Gasteiger partial charge in [0.15, 0.2) is 9.84 Å². The van der Waals surface area contributed by atoms with Crippen LogP contribution in [0.5, 0.6) is 0 Å². The third kappa shape index (κ3) is 4.59. The van der Waals surface area contributed by atoms with E-state index in [4.69, 9.17) is 6.42 Å². The summed E-state index contributed by atoms with van der Waals surface area (Å²) in [6.45, 7) is 4.25. The summed E-state index contributed by atoms with van der Waals surface area (Å²) in [7, 11) is -3.03. The van der Waals surface area contributed by atoms with Crippen molar-refractivity contribution < 1.29 is 13.2 Å². The van der Waals surface area contributed by atoms with Crippen molar-refractivity contribution in [2.24, 2.45) is 0 Å². The molecule has 124 valence electrons. The third-order valence-corrected chi connectivity index (χ3v) is 6.09. The van der Waals surface area contributed by atoms with Gasteiger partial charge in [-0.1, -0.05) is 29.7 Å². The Kier molecular flexibility index (Phi) is 5.48. The molecule has 1 heterocycles. The summed E-state index contributed by atoms with van der Waals surface area (Å²) < 4.78 is 23.3. The van der Waals surface area contributed by atoms with Gasteiger partial charge in [-0.3, -0.25) is 4.79 Å². The van der Waals surface area contributed by atoms with Gasteiger partial charge in [0.05, 0.1) is 18.1 Å². The number of rotatable bonds is 5. The maximum atomic E-state index is 12.5. The highest BCUT2D eigenvalue weighted by atomic mass is 32.2. The van der Waals surface area contributed by atoms with Gasteiger partial charge in [-0.25, -0.2) is 8.42 Å².